The monoisotopic (exact) mass is 358 g/mol. The number of carboxylic acid groups (broad SMARTS) is 1. The Bertz CT molecular complexity index is 655. The number of carboxylic acids is 1. The quantitative estimate of drug-likeness (QED) is 0.871. The van der Waals surface area contributed by atoms with Gasteiger partial charge in [0.15, 0.2) is 0 Å². The standard InChI is InChI=1S/C17H21F3N2O3/c1-9-4-10(2)6-12(5-9)11(3)21-16(25)22-7-13(15(23)24)14(8-22)17(18,19)20/h4-6,11,13-14H,7-8H2,1-3H3,(H,21,25)(H,23,24)/t11?,13-,14-/m1/s1. The van der Waals surface area contributed by atoms with Gasteiger partial charge < -0.3 is 15.3 Å². The van der Waals surface area contributed by atoms with Crippen molar-refractivity contribution in [2.45, 2.75) is 33.0 Å². The van der Waals surface area contributed by atoms with Crippen LogP contribution in [0, 0.1) is 25.7 Å². The Balaban J connectivity index is 2.09. The molecule has 0 saturated carbocycles. The Kier molecular flexibility index (Phi) is 5.29. The normalized spacial score (nSPS) is 21.9. The second-order valence-corrected chi connectivity index (χ2v) is 6.59. The van der Waals surface area contributed by atoms with Crippen LogP contribution in [0.1, 0.15) is 29.7 Å². The molecule has 0 aliphatic carbocycles. The van der Waals surface area contributed by atoms with Gasteiger partial charge in [0.2, 0.25) is 0 Å². The van der Waals surface area contributed by atoms with Crippen LogP contribution in [0.5, 0.6) is 0 Å². The van der Waals surface area contributed by atoms with E-state index >= 15 is 0 Å². The number of alkyl halides is 3. The third-order valence-electron chi connectivity index (χ3n) is 4.43. The summed E-state index contributed by atoms with van der Waals surface area (Å²) in [6.45, 7) is 4.46. The molecule has 1 aliphatic heterocycles. The summed E-state index contributed by atoms with van der Waals surface area (Å²) in [6, 6.07) is 4.66. The number of amides is 2. The number of likely N-dealkylation sites (tertiary alicyclic amines) is 1. The summed E-state index contributed by atoms with van der Waals surface area (Å²) < 4.78 is 39.0. The molecular weight excluding hydrogens is 337 g/mol. The first kappa shape index (κ1) is 19.1. The molecule has 1 heterocycles. The van der Waals surface area contributed by atoms with Crippen LogP contribution < -0.4 is 5.32 Å². The molecule has 1 aromatic carbocycles. The number of aryl methyl sites for hydroxylation is 2. The number of benzene rings is 1. The van der Waals surface area contributed by atoms with Crippen LogP contribution >= 0.6 is 0 Å². The molecule has 3 atom stereocenters. The molecule has 8 heteroatoms. The molecular formula is C17H21F3N2O3. The number of halogens is 3. The molecule has 1 fully saturated rings. The lowest BCUT2D eigenvalue weighted by molar-refractivity contribution is -0.187. The summed E-state index contributed by atoms with van der Waals surface area (Å²) in [5.41, 5.74) is 2.87. The third kappa shape index (κ3) is 4.43. The average molecular weight is 358 g/mol. The molecule has 25 heavy (non-hydrogen) atoms. The Hall–Kier alpha value is -2.25. The van der Waals surface area contributed by atoms with Crippen LogP contribution in [0.3, 0.4) is 0 Å². The van der Waals surface area contributed by atoms with Gasteiger partial charge in [0.25, 0.3) is 0 Å². The van der Waals surface area contributed by atoms with E-state index in [-0.39, 0.29) is 0 Å². The van der Waals surface area contributed by atoms with Crippen LogP contribution in [0.4, 0.5) is 18.0 Å². The van der Waals surface area contributed by atoms with Crippen molar-refractivity contribution >= 4 is 12.0 Å². The first-order chi connectivity index (χ1) is 11.5. The van der Waals surface area contributed by atoms with Crippen molar-refractivity contribution in [2.75, 3.05) is 13.1 Å². The van der Waals surface area contributed by atoms with E-state index in [1.807, 2.05) is 32.0 Å². The molecule has 2 amide bonds. The predicted molar refractivity (Wildman–Crippen MR) is 85.1 cm³/mol. The number of nitrogens with zero attached hydrogens (tertiary/aromatic N) is 1. The van der Waals surface area contributed by atoms with Gasteiger partial charge in [-0.2, -0.15) is 13.2 Å². The molecule has 1 unspecified atom stereocenters. The minimum absolute atomic E-state index is 0.403. The number of hydrogen-bond donors (Lipinski definition) is 2. The van der Waals surface area contributed by atoms with Crippen molar-refractivity contribution in [1.82, 2.24) is 10.2 Å². The van der Waals surface area contributed by atoms with E-state index in [1.54, 1.807) is 6.92 Å². The lowest BCUT2D eigenvalue weighted by atomic mass is 9.96. The van der Waals surface area contributed by atoms with Gasteiger partial charge in [-0.1, -0.05) is 29.3 Å². The zero-order valence-corrected chi connectivity index (χ0v) is 14.2. The molecule has 0 spiro atoms. The van der Waals surface area contributed by atoms with Crippen LogP contribution in [0.2, 0.25) is 0 Å². The second-order valence-electron chi connectivity index (χ2n) is 6.59. The SMILES string of the molecule is Cc1cc(C)cc(C(C)NC(=O)N2C[C@@H](C(F)(F)F)[C@H](C(=O)O)C2)c1. The number of aliphatic carboxylic acids is 1. The minimum atomic E-state index is -4.66. The van der Waals surface area contributed by atoms with Crippen molar-refractivity contribution < 1.29 is 27.9 Å². The molecule has 2 rings (SSSR count). The molecule has 2 N–H and O–H groups in total. The van der Waals surface area contributed by atoms with Gasteiger partial charge in [-0.05, 0) is 26.3 Å². The third-order valence-corrected chi connectivity index (χ3v) is 4.43. The van der Waals surface area contributed by atoms with E-state index in [0.717, 1.165) is 21.6 Å². The summed E-state index contributed by atoms with van der Waals surface area (Å²) in [4.78, 5) is 24.3. The summed E-state index contributed by atoms with van der Waals surface area (Å²) in [6.07, 6.45) is -4.66. The van der Waals surface area contributed by atoms with Gasteiger partial charge in [0.1, 0.15) is 0 Å². The van der Waals surface area contributed by atoms with Crippen molar-refractivity contribution in [2.24, 2.45) is 11.8 Å². The zero-order valence-electron chi connectivity index (χ0n) is 14.2. The molecule has 1 aliphatic rings. The topological polar surface area (TPSA) is 69.6 Å². The summed E-state index contributed by atoms with van der Waals surface area (Å²) >= 11 is 0. The summed E-state index contributed by atoms with van der Waals surface area (Å²) in [5.74, 6) is -5.23. The first-order valence-corrected chi connectivity index (χ1v) is 7.92. The Morgan fingerprint density at radius 1 is 1.20 bits per heavy atom. The fourth-order valence-corrected chi connectivity index (χ4v) is 3.17. The van der Waals surface area contributed by atoms with Crippen LogP contribution in [0.25, 0.3) is 0 Å². The summed E-state index contributed by atoms with van der Waals surface area (Å²) in [7, 11) is 0. The fraction of sp³-hybridized carbons (Fsp3) is 0.529. The highest BCUT2D eigenvalue weighted by Gasteiger charge is 2.53. The smallest absolute Gasteiger partial charge is 0.394 e. The Morgan fingerprint density at radius 3 is 2.20 bits per heavy atom. The number of hydrogen-bond acceptors (Lipinski definition) is 2. The maximum Gasteiger partial charge on any atom is 0.394 e. The number of carbonyl (C=O) groups is 2. The molecule has 0 aromatic heterocycles. The lowest BCUT2D eigenvalue weighted by Crippen LogP contribution is -2.40. The van der Waals surface area contributed by atoms with Gasteiger partial charge in [-0.15, -0.1) is 0 Å². The Morgan fingerprint density at radius 2 is 1.76 bits per heavy atom. The highest BCUT2D eigenvalue weighted by Crippen LogP contribution is 2.37. The van der Waals surface area contributed by atoms with Crippen LogP contribution in [-0.4, -0.2) is 41.3 Å². The highest BCUT2D eigenvalue weighted by molar-refractivity contribution is 5.78. The maximum atomic E-state index is 13.0. The van der Waals surface area contributed by atoms with Crippen molar-refractivity contribution in [1.29, 1.82) is 0 Å². The van der Waals surface area contributed by atoms with E-state index < -0.39 is 49.1 Å². The number of carbonyl (C=O) groups excluding carboxylic acids is 1. The van der Waals surface area contributed by atoms with Gasteiger partial charge in [-0.3, -0.25) is 4.79 Å². The van der Waals surface area contributed by atoms with E-state index in [9.17, 15) is 22.8 Å². The van der Waals surface area contributed by atoms with Gasteiger partial charge >= 0.3 is 18.2 Å². The highest BCUT2D eigenvalue weighted by atomic mass is 19.4. The maximum absolute atomic E-state index is 13.0. The largest absolute Gasteiger partial charge is 0.481 e. The Labute approximate surface area is 143 Å². The number of urea groups is 1. The molecule has 0 radical (unpaired) electrons. The number of nitrogens with one attached hydrogen (secondary N) is 1. The molecule has 5 nitrogen and oxygen atoms in total. The van der Waals surface area contributed by atoms with Crippen molar-refractivity contribution in [3.05, 3.63) is 34.9 Å². The van der Waals surface area contributed by atoms with E-state index in [1.165, 1.54) is 0 Å². The van der Waals surface area contributed by atoms with Crippen molar-refractivity contribution in [3.63, 3.8) is 0 Å². The van der Waals surface area contributed by atoms with Gasteiger partial charge in [-0.25, -0.2) is 4.79 Å². The summed E-state index contributed by atoms with van der Waals surface area (Å²) in [5, 5.41) is 11.7. The minimum Gasteiger partial charge on any atom is -0.481 e. The first-order valence-electron chi connectivity index (χ1n) is 7.92. The second kappa shape index (κ2) is 6.93. The zero-order chi connectivity index (χ0) is 18.9. The van der Waals surface area contributed by atoms with Gasteiger partial charge in [0.05, 0.1) is 17.9 Å². The number of rotatable bonds is 3. The van der Waals surface area contributed by atoms with Crippen LogP contribution in [0.15, 0.2) is 18.2 Å². The lowest BCUT2D eigenvalue weighted by Gasteiger charge is -2.22. The molecule has 0 bridgehead atoms. The van der Waals surface area contributed by atoms with Crippen LogP contribution in [-0.2, 0) is 4.79 Å². The van der Waals surface area contributed by atoms with E-state index in [4.69, 9.17) is 5.11 Å². The molecule has 138 valence electrons. The molecule has 1 aromatic rings. The van der Waals surface area contributed by atoms with Gasteiger partial charge in [0, 0.05) is 13.1 Å². The fourth-order valence-electron chi connectivity index (χ4n) is 3.17. The van der Waals surface area contributed by atoms with Crippen molar-refractivity contribution in [3.8, 4) is 0 Å². The average Bonchev–Trinajstić information content (AvgIpc) is 2.91. The predicted octanol–water partition coefficient (Wildman–Crippen LogP) is 3.27. The molecule has 1 saturated heterocycles. The van der Waals surface area contributed by atoms with E-state index in [0.29, 0.717) is 0 Å². The van der Waals surface area contributed by atoms with E-state index in [2.05, 4.69) is 5.32 Å².